The van der Waals surface area contributed by atoms with Crippen LogP contribution >= 0.6 is 0 Å². The number of halogens is 3. The van der Waals surface area contributed by atoms with Gasteiger partial charge in [0, 0.05) is 12.4 Å². The predicted molar refractivity (Wildman–Crippen MR) is 33.5 cm³/mol. The van der Waals surface area contributed by atoms with E-state index in [4.69, 9.17) is 0 Å². The largest absolute Gasteiger partial charge is 0.323 e. The van der Waals surface area contributed by atoms with Crippen LogP contribution in [-0.4, -0.2) is 9.55 Å². The summed E-state index contributed by atoms with van der Waals surface area (Å²) in [7, 11) is 0. The number of aryl methyl sites for hydroxylation is 1. The highest BCUT2D eigenvalue weighted by Gasteiger charge is 2.08. The Bertz CT molecular complexity index is 286. The molecule has 0 aromatic carbocycles. The van der Waals surface area contributed by atoms with Crippen molar-refractivity contribution in [3.8, 4) is 0 Å². The predicted octanol–water partition coefficient (Wildman–Crippen LogP) is 2.18. The minimum atomic E-state index is -2.34. The van der Waals surface area contributed by atoms with Gasteiger partial charge in [0.05, 0.1) is 0 Å². The van der Waals surface area contributed by atoms with Crippen molar-refractivity contribution >= 4 is 5.95 Å². The molecule has 1 rings (SSSR count). The number of imidazole rings is 1. The van der Waals surface area contributed by atoms with E-state index in [1.807, 2.05) is 0 Å². The van der Waals surface area contributed by atoms with Crippen LogP contribution in [0.2, 0.25) is 0 Å². The zero-order chi connectivity index (χ0) is 8.43. The van der Waals surface area contributed by atoms with Crippen molar-refractivity contribution in [3.63, 3.8) is 0 Å². The average Bonchev–Trinajstić information content (AvgIpc) is 2.33. The van der Waals surface area contributed by atoms with Gasteiger partial charge in [0.1, 0.15) is 5.82 Å². The van der Waals surface area contributed by atoms with Gasteiger partial charge < -0.3 is 0 Å². The summed E-state index contributed by atoms with van der Waals surface area (Å²) in [4.78, 5) is 3.58. The van der Waals surface area contributed by atoms with Crippen molar-refractivity contribution in [2.75, 3.05) is 0 Å². The molecule has 0 aliphatic rings. The van der Waals surface area contributed by atoms with E-state index in [1.54, 1.807) is 0 Å². The molecule has 0 saturated carbocycles. The Balaban J connectivity index is 3.12. The Hall–Kier alpha value is -1.26. The SMILES string of the molecule is Cc1nccn1C(F)=C(F)F. The molecule has 1 aromatic rings. The van der Waals surface area contributed by atoms with Crippen molar-refractivity contribution in [3.05, 3.63) is 24.3 Å². The van der Waals surface area contributed by atoms with Crippen molar-refractivity contribution in [1.82, 2.24) is 9.55 Å². The Morgan fingerprint density at radius 3 is 2.45 bits per heavy atom. The highest BCUT2D eigenvalue weighted by atomic mass is 19.3. The molecule has 0 amide bonds. The van der Waals surface area contributed by atoms with E-state index in [2.05, 4.69) is 4.98 Å². The lowest BCUT2D eigenvalue weighted by Gasteiger charge is -1.97. The quantitative estimate of drug-likeness (QED) is 0.618. The Morgan fingerprint density at radius 1 is 1.45 bits per heavy atom. The molecule has 0 saturated heterocycles. The van der Waals surface area contributed by atoms with Crippen LogP contribution in [0.3, 0.4) is 0 Å². The molecule has 2 nitrogen and oxygen atoms in total. The van der Waals surface area contributed by atoms with Crippen LogP contribution in [0, 0.1) is 6.92 Å². The van der Waals surface area contributed by atoms with Gasteiger partial charge in [-0.3, -0.25) is 4.57 Å². The van der Waals surface area contributed by atoms with E-state index >= 15 is 0 Å². The molecule has 0 radical (unpaired) electrons. The van der Waals surface area contributed by atoms with E-state index in [0.29, 0.717) is 4.57 Å². The second-order valence-corrected chi connectivity index (χ2v) is 1.90. The van der Waals surface area contributed by atoms with Crippen LogP contribution < -0.4 is 0 Å². The van der Waals surface area contributed by atoms with Crippen molar-refractivity contribution in [1.29, 1.82) is 0 Å². The molecular weight excluding hydrogens is 157 g/mol. The van der Waals surface area contributed by atoms with E-state index < -0.39 is 12.0 Å². The Labute approximate surface area is 61.0 Å². The third-order valence-corrected chi connectivity index (χ3v) is 1.19. The maximum atomic E-state index is 12.4. The summed E-state index contributed by atoms with van der Waals surface area (Å²) in [5.74, 6) is -1.38. The number of rotatable bonds is 1. The molecule has 60 valence electrons. The lowest BCUT2D eigenvalue weighted by Crippen LogP contribution is -1.94. The molecule has 1 aromatic heterocycles. The van der Waals surface area contributed by atoms with Gasteiger partial charge in [0.25, 0.3) is 5.95 Å². The van der Waals surface area contributed by atoms with E-state index in [9.17, 15) is 13.2 Å². The average molecular weight is 162 g/mol. The molecule has 0 bridgehead atoms. The molecule has 0 unspecified atom stereocenters. The van der Waals surface area contributed by atoms with E-state index in [-0.39, 0.29) is 5.82 Å². The monoisotopic (exact) mass is 162 g/mol. The summed E-state index contributed by atoms with van der Waals surface area (Å²) in [5, 5.41) is 0. The summed E-state index contributed by atoms with van der Waals surface area (Å²) < 4.78 is 36.3. The lowest BCUT2D eigenvalue weighted by atomic mass is 10.7. The first-order valence-corrected chi connectivity index (χ1v) is 2.84. The number of hydrogen-bond donors (Lipinski definition) is 0. The topological polar surface area (TPSA) is 17.8 Å². The van der Waals surface area contributed by atoms with Crippen molar-refractivity contribution in [2.24, 2.45) is 0 Å². The van der Waals surface area contributed by atoms with Gasteiger partial charge in [-0.2, -0.15) is 13.2 Å². The van der Waals surface area contributed by atoms with E-state index in [1.165, 1.54) is 13.1 Å². The van der Waals surface area contributed by atoms with Gasteiger partial charge in [-0.15, -0.1) is 0 Å². The van der Waals surface area contributed by atoms with Gasteiger partial charge in [-0.25, -0.2) is 4.98 Å². The number of aromatic nitrogens is 2. The van der Waals surface area contributed by atoms with Gasteiger partial charge in [0.15, 0.2) is 0 Å². The minimum absolute atomic E-state index is 0.190. The zero-order valence-corrected chi connectivity index (χ0v) is 5.68. The second kappa shape index (κ2) is 2.77. The maximum absolute atomic E-state index is 12.4. The van der Waals surface area contributed by atoms with Gasteiger partial charge in [-0.1, -0.05) is 0 Å². The fourth-order valence-corrected chi connectivity index (χ4v) is 0.676. The summed E-state index contributed by atoms with van der Waals surface area (Å²) in [6.07, 6.45) is 0.0351. The van der Waals surface area contributed by atoms with E-state index in [0.717, 1.165) is 6.20 Å². The molecule has 0 fully saturated rings. The van der Waals surface area contributed by atoms with Crippen LogP contribution in [-0.2, 0) is 0 Å². The summed E-state index contributed by atoms with van der Waals surface area (Å²) >= 11 is 0. The van der Waals surface area contributed by atoms with Crippen molar-refractivity contribution < 1.29 is 13.2 Å². The zero-order valence-electron chi connectivity index (χ0n) is 5.68. The second-order valence-electron chi connectivity index (χ2n) is 1.90. The fourth-order valence-electron chi connectivity index (χ4n) is 0.676. The molecule has 0 atom stereocenters. The highest BCUT2D eigenvalue weighted by molar-refractivity contribution is 5.37. The Morgan fingerprint density at radius 2 is 2.09 bits per heavy atom. The molecule has 0 aliphatic carbocycles. The van der Waals surface area contributed by atoms with Gasteiger partial charge in [-0.05, 0) is 6.92 Å². The molecule has 11 heavy (non-hydrogen) atoms. The summed E-state index contributed by atoms with van der Waals surface area (Å²) in [6.45, 7) is 1.43. The van der Waals surface area contributed by atoms with Gasteiger partial charge in [0.2, 0.25) is 0 Å². The summed E-state index contributed by atoms with van der Waals surface area (Å²) in [5.41, 5.74) is 0. The first-order chi connectivity index (χ1) is 5.13. The molecule has 5 heteroatoms. The molecular formula is C6H5F3N2. The van der Waals surface area contributed by atoms with Gasteiger partial charge >= 0.3 is 6.08 Å². The standard InChI is InChI=1S/C6H5F3N2/c1-4-10-2-3-11(4)6(9)5(7)8/h2-3H,1H3. The normalized spacial score (nSPS) is 9.82. The van der Waals surface area contributed by atoms with Crippen LogP contribution in [0.5, 0.6) is 0 Å². The smallest absolute Gasteiger partial charge is 0.275 e. The first kappa shape index (κ1) is 7.84. The first-order valence-electron chi connectivity index (χ1n) is 2.84. The van der Waals surface area contributed by atoms with Crippen LogP contribution in [0.25, 0.3) is 5.95 Å². The maximum Gasteiger partial charge on any atom is 0.323 e. The number of hydrogen-bond acceptors (Lipinski definition) is 1. The number of nitrogens with zero attached hydrogens (tertiary/aromatic N) is 2. The fraction of sp³-hybridized carbons (Fsp3) is 0.167. The molecule has 0 spiro atoms. The molecule has 1 heterocycles. The van der Waals surface area contributed by atoms with Crippen LogP contribution in [0.1, 0.15) is 5.82 Å². The minimum Gasteiger partial charge on any atom is -0.275 e. The molecule has 0 aliphatic heterocycles. The van der Waals surface area contributed by atoms with Crippen LogP contribution in [0.4, 0.5) is 13.2 Å². The van der Waals surface area contributed by atoms with Crippen molar-refractivity contribution in [2.45, 2.75) is 6.92 Å². The lowest BCUT2D eigenvalue weighted by molar-refractivity contribution is 0.400. The third kappa shape index (κ3) is 1.42. The van der Waals surface area contributed by atoms with Crippen LogP contribution in [0.15, 0.2) is 18.5 Å². The highest BCUT2D eigenvalue weighted by Crippen LogP contribution is 2.15. The third-order valence-electron chi connectivity index (χ3n) is 1.19. The Kier molecular flexibility index (Phi) is 1.98. The summed E-state index contributed by atoms with van der Waals surface area (Å²) in [6, 6.07) is 0. The molecule has 0 N–H and O–H groups in total.